The fourth-order valence-corrected chi connectivity index (χ4v) is 2.88. The molecule has 2 aliphatic carbocycles. The van der Waals surface area contributed by atoms with Gasteiger partial charge in [-0.05, 0) is 42.2 Å². The molecule has 3 unspecified atom stereocenters. The average Bonchev–Trinajstić information content (AvgIpc) is 2.16. The molecule has 1 aromatic carbocycles. The summed E-state index contributed by atoms with van der Waals surface area (Å²) in [7, 11) is 0. The molecule has 0 bridgehead atoms. The third-order valence-electron chi connectivity index (χ3n) is 3.71. The highest BCUT2D eigenvalue weighted by Gasteiger charge is 2.43. The first-order valence-electron chi connectivity index (χ1n) is 5.12. The summed E-state index contributed by atoms with van der Waals surface area (Å²) in [5, 5.41) is 9.57. The van der Waals surface area contributed by atoms with Crippen LogP contribution in [0, 0.1) is 5.92 Å². The Bertz CT molecular complexity index is 332. The van der Waals surface area contributed by atoms with Crippen LogP contribution in [0.3, 0.4) is 0 Å². The van der Waals surface area contributed by atoms with E-state index >= 15 is 0 Å². The highest BCUT2D eigenvalue weighted by molar-refractivity contribution is 5.36. The van der Waals surface area contributed by atoms with E-state index in [0.717, 1.165) is 12.8 Å². The van der Waals surface area contributed by atoms with Gasteiger partial charge in [0.2, 0.25) is 0 Å². The summed E-state index contributed by atoms with van der Waals surface area (Å²) in [6.45, 7) is 0. The van der Waals surface area contributed by atoms with E-state index in [-0.39, 0.29) is 6.10 Å². The number of hydrogen-bond donors (Lipinski definition) is 1. The lowest BCUT2D eigenvalue weighted by Crippen LogP contribution is -2.42. The van der Waals surface area contributed by atoms with Crippen molar-refractivity contribution in [1.82, 2.24) is 0 Å². The van der Waals surface area contributed by atoms with E-state index in [1.807, 2.05) is 0 Å². The van der Waals surface area contributed by atoms with Crippen molar-refractivity contribution in [3.05, 3.63) is 35.4 Å². The predicted molar refractivity (Wildman–Crippen MR) is 51.6 cm³/mol. The molecule has 0 radical (unpaired) electrons. The van der Waals surface area contributed by atoms with Gasteiger partial charge in [0.1, 0.15) is 0 Å². The van der Waals surface area contributed by atoms with Gasteiger partial charge >= 0.3 is 0 Å². The zero-order valence-corrected chi connectivity index (χ0v) is 7.61. The van der Waals surface area contributed by atoms with E-state index in [2.05, 4.69) is 24.3 Å². The standard InChI is InChI=1S/C12H14O/c13-12-7-11-9-4-2-1-3-8(9)5-6-10(11)12/h1-4,10-13H,5-7H2. The highest BCUT2D eigenvalue weighted by Crippen LogP contribution is 2.49. The lowest BCUT2D eigenvalue weighted by Gasteiger charge is -2.46. The minimum atomic E-state index is -0.0154. The zero-order chi connectivity index (χ0) is 8.84. The Balaban J connectivity index is 2.01. The fraction of sp³-hybridized carbons (Fsp3) is 0.500. The Morgan fingerprint density at radius 2 is 2.08 bits per heavy atom. The SMILES string of the molecule is OC1CC2c3ccccc3CCC12. The van der Waals surface area contributed by atoms with E-state index in [1.54, 1.807) is 0 Å². The maximum Gasteiger partial charge on any atom is 0.0580 e. The minimum Gasteiger partial charge on any atom is -0.393 e. The van der Waals surface area contributed by atoms with E-state index in [4.69, 9.17) is 0 Å². The molecule has 0 saturated heterocycles. The fourth-order valence-electron chi connectivity index (χ4n) is 2.88. The van der Waals surface area contributed by atoms with Gasteiger partial charge in [-0.2, -0.15) is 0 Å². The lowest BCUT2D eigenvalue weighted by atomic mass is 9.61. The highest BCUT2D eigenvalue weighted by atomic mass is 16.3. The molecule has 0 amide bonds. The first kappa shape index (κ1) is 7.57. The molecule has 1 saturated carbocycles. The number of rotatable bonds is 0. The maximum atomic E-state index is 9.57. The third-order valence-corrected chi connectivity index (χ3v) is 3.71. The molecule has 1 fully saturated rings. The van der Waals surface area contributed by atoms with Gasteiger partial charge in [-0.1, -0.05) is 24.3 Å². The molecule has 68 valence electrons. The van der Waals surface area contributed by atoms with Crippen molar-refractivity contribution in [3.8, 4) is 0 Å². The van der Waals surface area contributed by atoms with Crippen LogP contribution in [0.1, 0.15) is 29.9 Å². The summed E-state index contributed by atoms with van der Waals surface area (Å²) in [4.78, 5) is 0. The molecule has 0 aliphatic heterocycles. The van der Waals surface area contributed by atoms with Crippen LogP contribution in [-0.2, 0) is 6.42 Å². The van der Waals surface area contributed by atoms with Crippen LogP contribution in [-0.4, -0.2) is 11.2 Å². The second-order valence-electron chi connectivity index (χ2n) is 4.31. The van der Waals surface area contributed by atoms with Crippen LogP contribution in [0.15, 0.2) is 24.3 Å². The molecular formula is C12H14O. The van der Waals surface area contributed by atoms with Crippen molar-refractivity contribution in [2.45, 2.75) is 31.3 Å². The Labute approximate surface area is 78.4 Å². The number of fused-ring (bicyclic) bond motifs is 3. The van der Waals surface area contributed by atoms with Gasteiger partial charge in [-0.15, -0.1) is 0 Å². The smallest absolute Gasteiger partial charge is 0.0580 e. The second-order valence-corrected chi connectivity index (χ2v) is 4.31. The van der Waals surface area contributed by atoms with Gasteiger partial charge in [0.25, 0.3) is 0 Å². The van der Waals surface area contributed by atoms with Gasteiger partial charge in [0.15, 0.2) is 0 Å². The van der Waals surface area contributed by atoms with E-state index in [0.29, 0.717) is 11.8 Å². The molecular weight excluding hydrogens is 160 g/mol. The predicted octanol–water partition coefficient (Wildman–Crippen LogP) is 2.10. The van der Waals surface area contributed by atoms with Crippen molar-refractivity contribution in [2.24, 2.45) is 5.92 Å². The quantitative estimate of drug-likeness (QED) is 0.638. The molecule has 3 rings (SSSR count). The van der Waals surface area contributed by atoms with Gasteiger partial charge in [0, 0.05) is 0 Å². The summed E-state index contributed by atoms with van der Waals surface area (Å²) < 4.78 is 0. The largest absolute Gasteiger partial charge is 0.393 e. The van der Waals surface area contributed by atoms with Crippen LogP contribution in [0.5, 0.6) is 0 Å². The van der Waals surface area contributed by atoms with Crippen molar-refractivity contribution in [2.75, 3.05) is 0 Å². The first-order chi connectivity index (χ1) is 6.36. The first-order valence-corrected chi connectivity index (χ1v) is 5.12. The maximum absolute atomic E-state index is 9.57. The second kappa shape index (κ2) is 2.58. The Morgan fingerprint density at radius 1 is 1.23 bits per heavy atom. The number of aliphatic hydroxyl groups excluding tert-OH is 1. The van der Waals surface area contributed by atoms with Crippen LogP contribution >= 0.6 is 0 Å². The molecule has 1 heteroatoms. The molecule has 0 heterocycles. The normalized spacial score (nSPS) is 35.9. The van der Waals surface area contributed by atoms with Gasteiger partial charge in [-0.25, -0.2) is 0 Å². The molecule has 1 aromatic rings. The summed E-state index contributed by atoms with van der Waals surface area (Å²) in [5.41, 5.74) is 3.01. The topological polar surface area (TPSA) is 20.2 Å². The number of aryl methyl sites for hydroxylation is 1. The summed E-state index contributed by atoms with van der Waals surface area (Å²) in [6, 6.07) is 8.70. The van der Waals surface area contributed by atoms with Crippen LogP contribution in [0.4, 0.5) is 0 Å². The van der Waals surface area contributed by atoms with Crippen LogP contribution < -0.4 is 0 Å². The Morgan fingerprint density at radius 3 is 2.92 bits per heavy atom. The molecule has 13 heavy (non-hydrogen) atoms. The monoisotopic (exact) mass is 174 g/mol. The van der Waals surface area contributed by atoms with Gasteiger partial charge < -0.3 is 5.11 Å². The molecule has 0 aromatic heterocycles. The average molecular weight is 174 g/mol. The van der Waals surface area contributed by atoms with Gasteiger partial charge in [0.05, 0.1) is 6.10 Å². The van der Waals surface area contributed by atoms with Crippen molar-refractivity contribution >= 4 is 0 Å². The van der Waals surface area contributed by atoms with Crippen molar-refractivity contribution in [3.63, 3.8) is 0 Å². The van der Waals surface area contributed by atoms with Gasteiger partial charge in [-0.3, -0.25) is 0 Å². The molecule has 1 nitrogen and oxygen atoms in total. The van der Waals surface area contributed by atoms with Crippen molar-refractivity contribution < 1.29 is 5.11 Å². The van der Waals surface area contributed by atoms with E-state index < -0.39 is 0 Å². The summed E-state index contributed by atoms with van der Waals surface area (Å²) in [6.07, 6.45) is 3.32. The number of aliphatic hydroxyl groups is 1. The Hall–Kier alpha value is -0.820. The van der Waals surface area contributed by atoms with E-state index in [9.17, 15) is 5.11 Å². The summed E-state index contributed by atoms with van der Waals surface area (Å²) in [5.74, 6) is 1.23. The Kier molecular flexibility index (Phi) is 1.50. The molecule has 3 atom stereocenters. The van der Waals surface area contributed by atoms with Crippen LogP contribution in [0.25, 0.3) is 0 Å². The van der Waals surface area contributed by atoms with Crippen molar-refractivity contribution in [1.29, 1.82) is 0 Å². The summed E-state index contributed by atoms with van der Waals surface area (Å²) >= 11 is 0. The zero-order valence-electron chi connectivity index (χ0n) is 7.61. The third kappa shape index (κ3) is 0.969. The minimum absolute atomic E-state index is 0.0154. The van der Waals surface area contributed by atoms with E-state index in [1.165, 1.54) is 17.5 Å². The molecule has 0 spiro atoms. The molecule has 1 N–H and O–H groups in total. The number of hydrogen-bond acceptors (Lipinski definition) is 1. The lowest BCUT2D eigenvalue weighted by molar-refractivity contribution is -0.00820. The molecule has 2 aliphatic rings. The van der Waals surface area contributed by atoms with Crippen LogP contribution in [0.2, 0.25) is 0 Å². The number of benzene rings is 1.